The van der Waals surface area contributed by atoms with Gasteiger partial charge in [-0.1, -0.05) is 15.9 Å². The lowest BCUT2D eigenvalue weighted by Gasteiger charge is -2.40. The van der Waals surface area contributed by atoms with E-state index in [9.17, 15) is 4.79 Å². The number of benzene rings is 1. The van der Waals surface area contributed by atoms with E-state index in [1.165, 1.54) is 0 Å². The Morgan fingerprint density at radius 2 is 2.00 bits per heavy atom. The number of nitrogens with one attached hydrogen (secondary N) is 1. The van der Waals surface area contributed by atoms with Crippen LogP contribution in [-0.2, 0) is 0 Å². The second-order valence-electron chi connectivity index (χ2n) is 8.84. The van der Waals surface area contributed by atoms with Gasteiger partial charge in [0.1, 0.15) is 17.2 Å². The third-order valence-electron chi connectivity index (χ3n) is 5.69. The average molecular weight is 487 g/mol. The van der Waals surface area contributed by atoms with Crippen molar-refractivity contribution in [3.8, 4) is 17.5 Å². The molecule has 0 amide bonds. The Morgan fingerprint density at radius 1 is 1.23 bits per heavy atom. The van der Waals surface area contributed by atoms with Gasteiger partial charge >= 0.3 is 0 Å². The Labute approximate surface area is 186 Å². The first-order valence-electron chi connectivity index (χ1n) is 10.3. The highest BCUT2D eigenvalue weighted by Gasteiger charge is 2.28. The number of piperidine rings is 1. The maximum Gasteiger partial charge on any atom is 0.294 e. The predicted octanol–water partition coefficient (Wildman–Crippen LogP) is 4.73. The molecule has 1 aromatic carbocycles. The zero-order valence-corrected chi connectivity index (χ0v) is 19.2. The van der Waals surface area contributed by atoms with Crippen LogP contribution in [0.4, 0.5) is 0 Å². The number of hydrogen-bond donors (Lipinski definition) is 1. The molecule has 4 heterocycles. The number of H-pyrrole nitrogens is 1. The smallest absolute Gasteiger partial charge is 0.294 e. The van der Waals surface area contributed by atoms with Crippen LogP contribution in [0.1, 0.15) is 33.6 Å². The Hall–Kier alpha value is -2.65. The number of fused-ring (bicyclic) bond motifs is 3. The summed E-state index contributed by atoms with van der Waals surface area (Å²) in [5.41, 5.74) is 1.04. The first-order chi connectivity index (χ1) is 14.8. The minimum atomic E-state index is -0.374. The van der Waals surface area contributed by atoms with Crippen LogP contribution in [0.15, 0.2) is 42.5 Å². The number of ether oxygens (including phenoxy) is 1. The van der Waals surface area contributed by atoms with Gasteiger partial charge in [0.05, 0.1) is 6.07 Å². The molecular formula is C22H23BrN4O4. The van der Waals surface area contributed by atoms with Gasteiger partial charge in [-0.3, -0.25) is 9.69 Å². The van der Waals surface area contributed by atoms with Crippen molar-refractivity contribution >= 4 is 38.0 Å². The second kappa shape index (κ2) is 7.49. The molecule has 0 radical (unpaired) electrons. The van der Waals surface area contributed by atoms with Crippen LogP contribution in [0.3, 0.4) is 0 Å². The molecule has 1 aliphatic heterocycles. The van der Waals surface area contributed by atoms with E-state index in [4.69, 9.17) is 13.7 Å². The lowest BCUT2D eigenvalue weighted by molar-refractivity contribution is 0.0457. The Kier molecular flexibility index (Phi) is 4.90. The Morgan fingerprint density at radius 3 is 2.74 bits per heavy atom. The summed E-state index contributed by atoms with van der Waals surface area (Å²) in [5, 5.41) is 4.77. The van der Waals surface area contributed by atoms with Crippen LogP contribution < -0.4 is 10.3 Å². The molecule has 1 saturated heterocycles. The first-order valence-corrected chi connectivity index (χ1v) is 11.1. The van der Waals surface area contributed by atoms with Gasteiger partial charge < -0.3 is 18.7 Å². The molecule has 0 spiro atoms. The van der Waals surface area contributed by atoms with Crippen LogP contribution in [0.5, 0.6) is 5.88 Å². The summed E-state index contributed by atoms with van der Waals surface area (Å²) < 4.78 is 18.0. The van der Waals surface area contributed by atoms with E-state index in [2.05, 4.69) is 56.7 Å². The van der Waals surface area contributed by atoms with E-state index < -0.39 is 0 Å². The molecule has 0 saturated carbocycles. The summed E-state index contributed by atoms with van der Waals surface area (Å²) in [5.74, 6) is 1.02. The number of aromatic amines is 1. The number of hydrogen-bond acceptors (Lipinski definition) is 7. The highest BCUT2D eigenvalue weighted by atomic mass is 79.9. The summed E-state index contributed by atoms with van der Waals surface area (Å²) in [6, 6.07) is 7.19. The summed E-state index contributed by atoms with van der Waals surface area (Å²) in [4.78, 5) is 22.3. The number of furan rings is 1. The van der Waals surface area contributed by atoms with E-state index >= 15 is 0 Å². The minimum absolute atomic E-state index is 0.0844. The van der Waals surface area contributed by atoms with E-state index in [1.807, 2.05) is 12.1 Å². The van der Waals surface area contributed by atoms with Gasteiger partial charge in [0, 0.05) is 28.5 Å². The summed E-state index contributed by atoms with van der Waals surface area (Å²) in [6.45, 7) is 8.64. The van der Waals surface area contributed by atoms with Crippen molar-refractivity contribution in [1.29, 1.82) is 0 Å². The van der Waals surface area contributed by atoms with Gasteiger partial charge in [-0.25, -0.2) is 4.98 Å². The topological polar surface area (TPSA) is 97.4 Å². The molecule has 0 bridgehead atoms. The van der Waals surface area contributed by atoms with Crippen LogP contribution >= 0.6 is 15.9 Å². The van der Waals surface area contributed by atoms with Crippen molar-refractivity contribution < 1.29 is 13.7 Å². The van der Waals surface area contributed by atoms with Gasteiger partial charge in [0.25, 0.3) is 11.4 Å². The SMILES string of the molecule is CC(C)(C)N1CCC(Oc2cc(-c3nc4c(oc5ccc(Br)cc54)c(=O)[nH]3)on2)CC1. The molecule has 1 N–H and O–H groups in total. The maximum absolute atomic E-state index is 12.6. The van der Waals surface area contributed by atoms with Crippen molar-refractivity contribution in [2.75, 3.05) is 13.1 Å². The fraction of sp³-hybridized carbons (Fsp3) is 0.409. The van der Waals surface area contributed by atoms with Gasteiger partial charge in [0.2, 0.25) is 11.3 Å². The van der Waals surface area contributed by atoms with E-state index in [0.717, 1.165) is 35.8 Å². The Bertz CT molecular complexity index is 1310. The fourth-order valence-corrected chi connectivity index (χ4v) is 4.34. The number of rotatable bonds is 3. The van der Waals surface area contributed by atoms with E-state index in [-0.39, 0.29) is 28.6 Å². The minimum Gasteiger partial charge on any atom is -0.472 e. The maximum atomic E-state index is 12.6. The summed E-state index contributed by atoms with van der Waals surface area (Å²) in [7, 11) is 0. The third-order valence-corrected chi connectivity index (χ3v) is 6.18. The molecule has 0 aliphatic carbocycles. The molecule has 9 heteroatoms. The molecule has 4 aromatic rings. The van der Waals surface area contributed by atoms with Crippen LogP contribution in [0, 0.1) is 0 Å². The standard InChI is InChI=1S/C22H23BrN4O4/c1-22(2,3)27-8-6-13(7-9-27)29-17-11-16(31-26-17)20-24-18-14-10-12(23)4-5-15(14)30-19(18)21(28)25-20/h4-5,10-11,13H,6-9H2,1-3H3,(H,24,25,28). The molecule has 5 rings (SSSR count). The zero-order valence-electron chi connectivity index (χ0n) is 17.6. The van der Waals surface area contributed by atoms with Crippen molar-refractivity contribution in [3.05, 3.63) is 39.1 Å². The highest BCUT2D eigenvalue weighted by molar-refractivity contribution is 9.10. The van der Waals surface area contributed by atoms with Gasteiger partial charge in [0.15, 0.2) is 5.82 Å². The monoisotopic (exact) mass is 486 g/mol. The molecule has 0 atom stereocenters. The van der Waals surface area contributed by atoms with Crippen LogP contribution in [0.2, 0.25) is 0 Å². The van der Waals surface area contributed by atoms with Crippen molar-refractivity contribution in [1.82, 2.24) is 20.0 Å². The lowest BCUT2D eigenvalue weighted by atomic mass is 9.99. The highest BCUT2D eigenvalue weighted by Crippen LogP contribution is 2.30. The first kappa shape index (κ1) is 20.3. The van der Waals surface area contributed by atoms with Gasteiger partial charge in [-0.15, -0.1) is 0 Å². The zero-order chi connectivity index (χ0) is 21.8. The molecule has 162 valence electrons. The summed E-state index contributed by atoms with van der Waals surface area (Å²) in [6.07, 6.45) is 1.94. The van der Waals surface area contributed by atoms with Crippen LogP contribution in [0.25, 0.3) is 33.7 Å². The number of nitrogens with zero attached hydrogens (tertiary/aromatic N) is 3. The molecule has 31 heavy (non-hydrogen) atoms. The van der Waals surface area contributed by atoms with Crippen LogP contribution in [-0.4, -0.2) is 44.8 Å². The molecule has 1 fully saturated rings. The molecule has 0 unspecified atom stereocenters. The quantitative estimate of drug-likeness (QED) is 0.446. The van der Waals surface area contributed by atoms with Gasteiger partial charge in [-0.05, 0) is 57.0 Å². The predicted molar refractivity (Wildman–Crippen MR) is 120 cm³/mol. The lowest BCUT2D eigenvalue weighted by Crippen LogP contribution is -2.48. The largest absolute Gasteiger partial charge is 0.472 e. The van der Waals surface area contributed by atoms with E-state index in [0.29, 0.717) is 22.7 Å². The van der Waals surface area contributed by atoms with Crippen molar-refractivity contribution in [3.63, 3.8) is 0 Å². The third kappa shape index (κ3) is 3.87. The second-order valence-corrected chi connectivity index (χ2v) is 9.75. The Balaban J connectivity index is 1.39. The normalized spacial score (nSPS) is 16.4. The van der Waals surface area contributed by atoms with Crippen molar-refractivity contribution in [2.45, 2.75) is 45.3 Å². The summed E-state index contributed by atoms with van der Waals surface area (Å²) >= 11 is 3.45. The number of aromatic nitrogens is 3. The van der Waals surface area contributed by atoms with Gasteiger partial charge in [-0.2, -0.15) is 0 Å². The number of halogens is 1. The molecule has 8 nitrogen and oxygen atoms in total. The van der Waals surface area contributed by atoms with Crippen molar-refractivity contribution in [2.24, 2.45) is 0 Å². The fourth-order valence-electron chi connectivity index (χ4n) is 3.98. The average Bonchev–Trinajstić information content (AvgIpc) is 3.33. The number of likely N-dealkylation sites (tertiary alicyclic amines) is 1. The van der Waals surface area contributed by atoms with E-state index in [1.54, 1.807) is 12.1 Å². The molecular weight excluding hydrogens is 464 g/mol. The molecule has 3 aromatic heterocycles. The molecule has 1 aliphatic rings.